The number of nitrogens with one attached hydrogen (secondary N) is 1. The van der Waals surface area contributed by atoms with Crippen molar-refractivity contribution in [3.8, 4) is 0 Å². The van der Waals surface area contributed by atoms with Crippen molar-refractivity contribution in [1.29, 1.82) is 0 Å². The zero-order chi connectivity index (χ0) is 13.5. The first-order chi connectivity index (χ1) is 9.28. The molecular weight excluding hydrogens is 260 g/mol. The minimum atomic E-state index is 0.757. The number of hydrogen-bond donors (Lipinski definition) is 1. The van der Waals surface area contributed by atoms with Crippen molar-refractivity contribution in [3.63, 3.8) is 0 Å². The summed E-state index contributed by atoms with van der Waals surface area (Å²) in [4.78, 5) is 10.7. The molecule has 1 N–H and O–H groups in total. The van der Waals surface area contributed by atoms with Crippen LogP contribution in [0.4, 0.5) is 0 Å². The third-order valence-corrected chi connectivity index (χ3v) is 4.32. The van der Waals surface area contributed by atoms with Gasteiger partial charge in [0.25, 0.3) is 0 Å². The van der Waals surface area contributed by atoms with E-state index in [1.54, 1.807) is 7.11 Å². The van der Waals surface area contributed by atoms with Crippen LogP contribution < -0.4 is 5.32 Å². The van der Waals surface area contributed by atoms with Gasteiger partial charge in [-0.1, -0.05) is 0 Å². The van der Waals surface area contributed by atoms with Crippen LogP contribution in [0.15, 0.2) is 6.20 Å². The first kappa shape index (κ1) is 14.9. The molecule has 1 aliphatic heterocycles. The summed E-state index contributed by atoms with van der Waals surface area (Å²) in [6.07, 6.45) is 2.00. The van der Waals surface area contributed by atoms with E-state index >= 15 is 0 Å². The summed E-state index contributed by atoms with van der Waals surface area (Å²) in [6, 6.07) is 0. The van der Waals surface area contributed by atoms with E-state index in [0.717, 1.165) is 52.4 Å². The summed E-state index contributed by atoms with van der Waals surface area (Å²) < 4.78 is 5.01. The molecule has 1 aromatic rings. The lowest BCUT2D eigenvalue weighted by molar-refractivity contribution is 0.148. The molecule has 19 heavy (non-hydrogen) atoms. The fourth-order valence-electron chi connectivity index (χ4n) is 2.09. The van der Waals surface area contributed by atoms with Gasteiger partial charge in [0, 0.05) is 57.5 Å². The normalized spacial score (nSPS) is 18.0. The van der Waals surface area contributed by atoms with Crippen LogP contribution in [-0.2, 0) is 17.8 Å². The lowest BCUT2D eigenvalue weighted by Crippen LogP contribution is -2.43. The van der Waals surface area contributed by atoms with Crippen LogP contribution >= 0.6 is 11.3 Å². The van der Waals surface area contributed by atoms with Crippen LogP contribution in [0.25, 0.3) is 0 Å². The minimum absolute atomic E-state index is 0.757. The summed E-state index contributed by atoms with van der Waals surface area (Å²) in [6.45, 7) is 8.16. The van der Waals surface area contributed by atoms with Crippen molar-refractivity contribution in [3.05, 3.63) is 16.1 Å². The van der Waals surface area contributed by atoms with Crippen molar-refractivity contribution in [2.45, 2.75) is 13.1 Å². The summed E-state index contributed by atoms with van der Waals surface area (Å²) in [7, 11) is 3.91. The second-order valence-electron chi connectivity index (χ2n) is 4.97. The van der Waals surface area contributed by atoms with Gasteiger partial charge < -0.3 is 15.0 Å². The molecule has 0 atom stereocenters. The fraction of sp³-hybridized carbons (Fsp3) is 0.769. The SMILES string of the molecule is COCCNCc1cnc(CN2CCN(C)CC2)s1. The van der Waals surface area contributed by atoms with Gasteiger partial charge in [0.15, 0.2) is 0 Å². The van der Waals surface area contributed by atoms with E-state index < -0.39 is 0 Å². The number of hydrogen-bond acceptors (Lipinski definition) is 6. The van der Waals surface area contributed by atoms with E-state index in [9.17, 15) is 0 Å². The number of thiazole rings is 1. The second kappa shape index (κ2) is 7.91. The van der Waals surface area contributed by atoms with Crippen LogP contribution in [0.2, 0.25) is 0 Å². The average Bonchev–Trinajstić information content (AvgIpc) is 2.85. The molecule has 2 rings (SSSR count). The molecule has 0 unspecified atom stereocenters. The van der Waals surface area contributed by atoms with Crippen molar-refractivity contribution in [1.82, 2.24) is 20.1 Å². The highest BCUT2D eigenvalue weighted by atomic mass is 32.1. The topological polar surface area (TPSA) is 40.6 Å². The van der Waals surface area contributed by atoms with Gasteiger partial charge in [-0.15, -0.1) is 11.3 Å². The highest BCUT2D eigenvalue weighted by molar-refractivity contribution is 7.11. The summed E-state index contributed by atoms with van der Waals surface area (Å²) in [5, 5.41) is 4.58. The van der Waals surface area contributed by atoms with Gasteiger partial charge in [-0.25, -0.2) is 4.98 Å². The Kier molecular flexibility index (Phi) is 6.19. The largest absolute Gasteiger partial charge is 0.383 e. The first-order valence-corrected chi connectivity index (χ1v) is 7.63. The molecule has 0 bridgehead atoms. The third-order valence-electron chi connectivity index (χ3n) is 3.34. The molecule has 1 saturated heterocycles. The average molecular weight is 284 g/mol. The molecule has 0 spiro atoms. The molecule has 2 heterocycles. The van der Waals surface area contributed by atoms with Crippen LogP contribution in [0, 0.1) is 0 Å². The molecule has 0 saturated carbocycles. The number of rotatable bonds is 7. The Hall–Kier alpha value is -0.530. The van der Waals surface area contributed by atoms with Gasteiger partial charge in [0.1, 0.15) is 5.01 Å². The maximum atomic E-state index is 5.01. The molecule has 0 aliphatic carbocycles. The molecule has 0 aromatic carbocycles. The molecule has 6 heteroatoms. The fourth-order valence-corrected chi connectivity index (χ4v) is 3.02. The Morgan fingerprint density at radius 2 is 2.16 bits per heavy atom. The lowest BCUT2D eigenvalue weighted by atomic mass is 10.3. The number of ether oxygens (including phenoxy) is 1. The van der Waals surface area contributed by atoms with Crippen LogP contribution in [0.3, 0.4) is 0 Å². The summed E-state index contributed by atoms with van der Waals surface area (Å²) >= 11 is 1.82. The van der Waals surface area contributed by atoms with Gasteiger partial charge in [-0.3, -0.25) is 4.90 Å². The Labute approximate surface area is 119 Å². The quantitative estimate of drug-likeness (QED) is 0.744. The second-order valence-corrected chi connectivity index (χ2v) is 6.17. The zero-order valence-electron chi connectivity index (χ0n) is 11.9. The highest BCUT2D eigenvalue weighted by Crippen LogP contribution is 2.15. The highest BCUT2D eigenvalue weighted by Gasteiger charge is 2.15. The third kappa shape index (κ3) is 5.16. The minimum Gasteiger partial charge on any atom is -0.383 e. The molecule has 1 aliphatic rings. The van der Waals surface area contributed by atoms with Crippen molar-refractivity contribution < 1.29 is 4.74 Å². The summed E-state index contributed by atoms with van der Waals surface area (Å²) in [5.74, 6) is 0. The molecule has 0 amide bonds. The Morgan fingerprint density at radius 3 is 2.89 bits per heavy atom. The van der Waals surface area contributed by atoms with Crippen molar-refractivity contribution in [2.75, 3.05) is 53.5 Å². The van der Waals surface area contributed by atoms with E-state index in [1.165, 1.54) is 9.88 Å². The predicted molar refractivity (Wildman–Crippen MR) is 78.5 cm³/mol. The molecule has 0 radical (unpaired) electrons. The zero-order valence-corrected chi connectivity index (χ0v) is 12.7. The maximum Gasteiger partial charge on any atom is 0.107 e. The molecule has 108 valence electrons. The van der Waals surface area contributed by atoms with Gasteiger partial charge >= 0.3 is 0 Å². The van der Waals surface area contributed by atoms with Gasteiger partial charge in [0.2, 0.25) is 0 Å². The standard InChI is InChI=1S/C13H24N4OS/c1-16-4-6-17(7-5-16)11-13-15-10-12(19-13)9-14-3-8-18-2/h10,14H,3-9,11H2,1-2H3. The molecule has 5 nitrogen and oxygen atoms in total. The van der Waals surface area contributed by atoms with Crippen LogP contribution in [-0.4, -0.2) is 68.3 Å². The van der Waals surface area contributed by atoms with E-state index in [0.29, 0.717) is 0 Å². The van der Waals surface area contributed by atoms with E-state index in [2.05, 4.69) is 27.1 Å². The molecule has 1 aromatic heterocycles. The van der Waals surface area contributed by atoms with Gasteiger partial charge in [-0.05, 0) is 7.05 Å². The van der Waals surface area contributed by atoms with Gasteiger partial charge in [0.05, 0.1) is 13.2 Å². The number of nitrogens with zero attached hydrogens (tertiary/aromatic N) is 3. The maximum absolute atomic E-state index is 5.01. The number of likely N-dealkylation sites (N-methyl/N-ethyl adjacent to an activating group) is 1. The first-order valence-electron chi connectivity index (χ1n) is 6.82. The summed E-state index contributed by atoms with van der Waals surface area (Å²) in [5.41, 5.74) is 0. The number of aromatic nitrogens is 1. The monoisotopic (exact) mass is 284 g/mol. The lowest BCUT2D eigenvalue weighted by Gasteiger charge is -2.31. The van der Waals surface area contributed by atoms with E-state index in [-0.39, 0.29) is 0 Å². The smallest absolute Gasteiger partial charge is 0.107 e. The Bertz CT molecular complexity index is 363. The number of methoxy groups -OCH3 is 1. The predicted octanol–water partition coefficient (Wildman–Crippen LogP) is 0.627. The Balaban J connectivity index is 1.71. The van der Waals surface area contributed by atoms with Crippen LogP contribution in [0.5, 0.6) is 0 Å². The Morgan fingerprint density at radius 1 is 1.37 bits per heavy atom. The van der Waals surface area contributed by atoms with Crippen molar-refractivity contribution in [2.24, 2.45) is 0 Å². The van der Waals surface area contributed by atoms with Gasteiger partial charge in [-0.2, -0.15) is 0 Å². The van der Waals surface area contributed by atoms with Crippen molar-refractivity contribution >= 4 is 11.3 Å². The van der Waals surface area contributed by atoms with Crippen LogP contribution in [0.1, 0.15) is 9.88 Å². The van der Waals surface area contributed by atoms with E-state index in [4.69, 9.17) is 4.74 Å². The number of piperazine rings is 1. The molecular formula is C13H24N4OS. The molecule has 1 fully saturated rings. The van der Waals surface area contributed by atoms with E-state index in [1.807, 2.05) is 17.5 Å².